The summed E-state index contributed by atoms with van der Waals surface area (Å²) in [6.07, 6.45) is 1.96. The molecular formula is C17H25N5O2. The Morgan fingerprint density at radius 3 is 2.54 bits per heavy atom. The molecule has 3 rings (SSSR count). The molecule has 0 aromatic carbocycles. The fourth-order valence-corrected chi connectivity index (χ4v) is 2.95. The van der Waals surface area contributed by atoms with E-state index in [2.05, 4.69) is 40.9 Å². The second kappa shape index (κ2) is 6.37. The maximum Gasteiger partial charge on any atom is 0.324 e. The number of aromatic nitrogens is 4. The molecule has 0 aliphatic carbocycles. The van der Waals surface area contributed by atoms with Gasteiger partial charge in [-0.15, -0.1) is 0 Å². The zero-order valence-electron chi connectivity index (χ0n) is 14.8. The Morgan fingerprint density at radius 1 is 1.25 bits per heavy atom. The lowest BCUT2D eigenvalue weighted by Crippen LogP contribution is -2.37. The van der Waals surface area contributed by atoms with Crippen LogP contribution in [0.3, 0.4) is 0 Å². The maximum atomic E-state index is 12.1. The van der Waals surface area contributed by atoms with Crippen LogP contribution in [-0.2, 0) is 12.0 Å². The second-order valence-corrected chi connectivity index (χ2v) is 7.54. The van der Waals surface area contributed by atoms with Crippen LogP contribution < -0.4 is 10.5 Å². The molecule has 0 radical (unpaired) electrons. The lowest BCUT2D eigenvalue weighted by Gasteiger charge is -2.30. The van der Waals surface area contributed by atoms with Gasteiger partial charge in [0.05, 0.1) is 5.69 Å². The van der Waals surface area contributed by atoms with Crippen molar-refractivity contribution < 1.29 is 4.52 Å². The molecule has 0 amide bonds. The van der Waals surface area contributed by atoms with E-state index in [1.54, 1.807) is 10.7 Å². The van der Waals surface area contributed by atoms with E-state index in [0.29, 0.717) is 24.3 Å². The number of anilines is 1. The van der Waals surface area contributed by atoms with E-state index in [4.69, 9.17) is 4.52 Å². The topological polar surface area (TPSA) is 77.0 Å². The summed E-state index contributed by atoms with van der Waals surface area (Å²) in [4.78, 5) is 18.5. The molecule has 0 bridgehead atoms. The largest absolute Gasteiger partial charge is 0.324 e. The smallest absolute Gasteiger partial charge is 0.324 e. The normalized spacial score (nSPS) is 16.6. The van der Waals surface area contributed by atoms with Gasteiger partial charge in [-0.1, -0.05) is 25.9 Å². The van der Waals surface area contributed by atoms with Crippen molar-refractivity contribution in [3.8, 4) is 0 Å². The van der Waals surface area contributed by atoms with Gasteiger partial charge in [-0.05, 0) is 31.7 Å². The van der Waals surface area contributed by atoms with Gasteiger partial charge >= 0.3 is 6.01 Å². The number of rotatable bonds is 3. The van der Waals surface area contributed by atoms with Crippen molar-refractivity contribution in [3.05, 3.63) is 34.0 Å². The van der Waals surface area contributed by atoms with Crippen molar-refractivity contribution in [2.24, 2.45) is 5.92 Å². The first kappa shape index (κ1) is 16.7. The monoisotopic (exact) mass is 331 g/mol. The predicted molar refractivity (Wildman–Crippen MR) is 91.2 cm³/mol. The first-order valence-electron chi connectivity index (χ1n) is 8.47. The molecule has 1 saturated heterocycles. The van der Waals surface area contributed by atoms with Crippen molar-refractivity contribution in [2.45, 2.75) is 52.5 Å². The molecule has 0 spiro atoms. The van der Waals surface area contributed by atoms with Gasteiger partial charge in [-0.25, -0.2) is 4.68 Å². The Bertz CT molecular complexity index is 751. The maximum absolute atomic E-state index is 12.1. The first-order chi connectivity index (χ1) is 11.3. The van der Waals surface area contributed by atoms with Gasteiger partial charge in [-0.2, -0.15) is 10.1 Å². The fraction of sp³-hybridized carbons (Fsp3) is 0.647. The van der Waals surface area contributed by atoms with Gasteiger partial charge in [0.25, 0.3) is 5.56 Å². The molecule has 2 aromatic rings. The van der Waals surface area contributed by atoms with Crippen LogP contribution >= 0.6 is 0 Å². The van der Waals surface area contributed by atoms with Gasteiger partial charge in [-0.3, -0.25) is 4.79 Å². The summed E-state index contributed by atoms with van der Waals surface area (Å²) in [6, 6.07) is 4.06. The van der Waals surface area contributed by atoms with Crippen molar-refractivity contribution in [1.29, 1.82) is 0 Å². The summed E-state index contributed by atoms with van der Waals surface area (Å²) < 4.78 is 6.85. The van der Waals surface area contributed by atoms with Crippen molar-refractivity contribution in [2.75, 3.05) is 18.0 Å². The highest BCUT2D eigenvalue weighted by Gasteiger charge is 2.24. The van der Waals surface area contributed by atoms with Crippen molar-refractivity contribution in [3.63, 3.8) is 0 Å². The third-order valence-corrected chi connectivity index (χ3v) is 4.47. The number of piperidine rings is 1. The molecule has 0 unspecified atom stereocenters. The molecule has 0 saturated carbocycles. The number of aryl methyl sites for hydroxylation is 1. The second-order valence-electron chi connectivity index (χ2n) is 7.54. The molecule has 0 atom stereocenters. The zero-order valence-corrected chi connectivity index (χ0v) is 14.8. The van der Waals surface area contributed by atoms with Gasteiger partial charge in [0.1, 0.15) is 0 Å². The minimum Gasteiger partial charge on any atom is -0.324 e. The van der Waals surface area contributed by atoms with E-state index in [9.17, 15) is 4.79 Å². The SMILES string of the molecule is Cc1noc(N2CCC(Cn3nc(C(C)(C)C)ccc3=O)CC2)n1. The van der Waals surface area contributed by atoms with Gasteiger partial charge in [0, 0.05) is 31.1 Å². The molecule has 1 aliphatic rings. The van der Waals surface area contributed by atoms with E-state index in [-0.39, 0.29) is 11.0 Å². The summed E-state index contributed by atoms with van der Waals surface area (Å²) in [5, 5.41) is 8.41. The Balaban J connectivity index is 1.65. The Kier molecular flexibility index (Phi) is 4.43. The molecule has 130 valence electrons. The van der Waals surface area contributed by atoms with E-state index in [1.165, 1.54) is 0 Å². The van der Waals surface area contributed by atoms with Gasteiger partial charge in [0.15, 0.2) is 5.82 Å². The highest BCUT2D eigenvalue weighted by atomic mass is 16.5. The highest BCUT2D eigenvalue weighted by Crippen LogP contribution is 2.23. The molecule has 3 heterocycles. The molecular weight excluding hydrogens is 306 g/mol. The number of hydrogen-bond donors (Lipinski definition) is 0. The summed E-state index contributed by atoms with van der Waals surface area (Å²) in [5.41, 5.74) is 0.855. The fourth-order valence-electron chi connectivity index (χ4n) is 2.95. The molecule has 24 heavy (non-hydrogen) atoms. The molecule has 7 heteroatoms. The van der Waals surface area contributed by atoms with E-state index < -0.39 is 0 Å². The van der Waals surface area contributed by atoms with Crippen LogP contribution in [0.5, 0.6) is 0 Å². The zero-order chi connectivity index (χ0) is 17.3. The predicted octanol–water partition coefficient (Wildman–Crippen LogP) is 2.15. The lowest BCUT2D eigenvalue weighted by atomic mass is 9.92. The lowest BCUT2D eigenvalue weighted by molar-refractivity contribution is 0.315. The summed E-state index contributed by atoms with van der Waals surface area (Å²) in [7, 11) is 0. The minimum atomic E-state index is -0.0609. The van der Waals surface area contributed by atoms with E-state index >= 15 is 0 Å². The summed E-state index contributed by atoms with van der Waals surface area (Å²) in [6.45, 7) is 10.5. The van der Waals surface area contributed by atoms with Crippen molar-refractivity contribution >= 4 is 6.01 Å². The van der Waals surface area contributed by atoms with E-state index in [0.717, 1.165) is 31.6 Å². The Hall–Kier alpha value is -2.18. The first-order valence-corrected chi connectivity index (χ1v) is 8.47. The Morgan fingerprint density at radius 2 is 1.96 bits per heavy atom. The molecule has 7 nitrogen and oxygen atoms in total. The average molecular weight is 331 g/mol. The van der Waals surface area contributed by atoms with Crippen LogP contribution in [0.1, 0.15) is 45.1 Å². The van der Waals surface area contributed by atoms with Crippen LogP contribution in [-0.4, -0.2) is 33.0 Å². The third-order valence-electron chi connectivity index (χ3n) is 4.47. The van der Waals surface area contributed by atoms with Crippen LogP contribution in [0.4, 0.5) is 6.01 Å². The molecule has 0 N–H and O–H groups in total. The van der Waals surface area contributed by atoms with Crippen LogP contribution in [0.25, 0.3) is 0 Å². The quantitative estimate of drug-likeness (QED) is 0.857. The molecule has 1 fully saturated rings. The number of hydrogen-bond acceptors (Lipinski definition) is 6. The standard InChI is InChI=1S/C17H25N5O2/c1-12-18-16(24-20-12)21-9-7-13(8-10-21)11-22-15(23)6-5-14(19-22)17(2,3)4/h5-6,13H,7-11H2,1-4H3. The average Bonchev–Trinajstić information content (AvgIpc) is 2.95. The van der Waals surface area contributed by atoms with Crippen LogP contribution in [0.15, 0.2) is 21.5 Å². The minimum absolute atomic E-state index is 0.0297. The van der Waals surface area contributed by atoms with Gasteiger partial charge < -0.3 is 9.42 Å². The summed E-state index contributed by atoms with van der Waals surface area (Å²) in [5.74, 6) is 1.09. The van der Waals surface area contributed by atoms with E-state index in [1.807, 2.05) is 13.0 Å². The summed E-state index contributed by atoms with van der Waals surface area (Å²) >= 11 is 0. The molecule has 1 aliphatic heterocycles. The van der Waals surface area contributed by atoms with Crippen LogP contribution in [0.2, 0.25) is 0 Å². The van der Waals surface area contributed by atoms with Gasteiger partial charge in [0.2, 0.25) is 0 Å². The number of nitrogens with zero attached hydrogens (tertiary/aromatic N) is 5. The molecule has 2 aromatic heterocycles. The third kappa shape index (κ3) is 3.66. The van der Waals surface area contributed by atoms with Crippen molar-refractivity contribution in [1.82, 2.24) is 19.9 Å². The Labute approximate surface area is 141 Å². The van der Waals surface area contributed by atoms with Crippen LogP contribution in [0, 0.1) is 12.8 Å². The highest BCUT2D eigenvalue weighted by molar-refractivity contribution is 5.25.